The molecule has 28 heavy (non-hydrogen) atoms. The van der Waals surface area contributed by atoms with Crippen LogP contribution in [0.15, 0.2) is 54.7 Å². The summed E-state index contributed by atoms with van der Waals surface area (Å²) in [7, 11) is 0. The number of rotatable bonds is 6. The number of aryl methyl sites for hydroxylation is 2. The normalized spacial score (nSPS) is 16.9. The molecule has 2 heterocycles. The van der Waals surface area contributed by atoms with Gasteiger partial charge in [0.25, 0.3) is 0 Å². The zero-order valence-electron chi connectivity index (χ0n) is 16.4. The summed E-state index contributed by atoms with van der Waals surface area (Å²) in [4.78, 5) is 16.1. The number of H-pyrrole nitrogens is 1. The van der Waals surface area contributed by atoms with Crippen molar-refractivity contribution in [3.63, 3.8) is 0 Å². The van der Waals surface area contributed by atoms with Crippen LogP contribution in [0, 0.1) is 13.8 Å². The highest BCUT2D eigenvalue weighted by molar-refractivity contribution is 7.99. The van der Waals surface area contributed by atoms with Gasteiger partial charge in [-0.1, -0.05) is 36.4 Å². The third kappa shape index (κ3) is 4.08. The Bertz CT molecular complexity index is 1020. The highest BCUT2D eigenvalue weighted by atomic mass is 32.2. The van der Waals surface area contributed by atoms with Crippen LogP contribution in [0.3, 0.4) is 0 Å². The van der Waals surface area contributed by atoms with Gasteiger partial charge < -0.3 is 10.3 Å². The fourth-order valence-corrected chi connectivity index (χ4v) is 4.70. The van der Waals surface area contributed by atoms with E-state index in [0.29, 0.717) is 11.5 Å². The van der Waals surface area contributed by atoms with E-state index in [9.17, 15) is 4.79 Å². The third-order valence-corrected chi connectivity index (χ3v) is 6.56. The molecule has 0 radical (unpaired) electrons. The molecular formula is C24H26N2OS. The maximum Gasteiger partial charge on any atom is 0.159 e. The number of fused-ring (bicyclic) bond motifs is 1. The summed E-state index contributed by atoms with van der Waals surface area (Å²) in [6, 6.07) is 14.7. The van der Waals surface area contributed by atoms with E-state index in [4.69, 9.17) is 0 Å². The molecule has 1 aliphatic heterocycles. The lowest BCUT2D eigenvalue weighted by Gasteiger charge is -2.23. The van der Waals surface area contributed by atoms with Crippen molar-refractivity contribution >= 4 is 34.0 Å². The van der Waals surface area contributed by atoms with Crippen LogP contribution in [0.1, 0.15) is 28.7 Å². The third-order valence-electron chi connectivity index (χ3n) is 5.55. The van der Waals surface area contributed by atoms with Crippen LogP contribution in [-0.4, -0.2) is 29.1 Å². The van der Waals surface area contributed by atoms with E-state index in [0.717, 1.165) is 18.7 Å². The number of carbonyl (C=O) groups is 1. The largest absolute Gasteiger partial charge is 0.361 e. The number of thioether (sulfide) groups is 1. The van der Waals surface area contributed by atoms with E-state index in [2.05, 4.69) is 72.8 Å². The van der Waals surface area contributed by atoms with E-state index in [-0.39, 0.29) is 6.04 Å². The predicted molar refractivity (Wildman–Crippen MR) is 120 cm³/mol. The van der Waals surface area contributed by atoms with Crippen molar-refractivity contribution in [2.24, 2.45) is 0 Å². The van der Waals surface area contributed by atoms with E-state index < -0.39 is 0 Å². The first kappa shape index (κ1) is 19.0. The van der Waals surface area contributed by atoms with Gasteiger partial charge in [0.05, 0.1) is 11.8 Å². The summed E-state index contributed by atoms with van der Waals surface area (Å²) in [6.07, 6.45) is 5.05. The number of benzene rings is 2. The summed E-state index contributed by atoms with van der Waals surface area (Å²) in [5.41, 5.74) is 7.55. The molecule has 0 fully saturated rings. The van der Waals surface area contributed by atoms with Crippen LogP contribution in [0.25, 0.3) is 16.5 Å². The molecule has 2 N–H and O–H groups in total. The van der Waals surface area contributed by atoms with E-state index in [1.807, 2.05) is 6.07 Å². The smallest absolute Gasteiger partial charge is 0.159 e. The van der Waals surface area contributed by atoms with Gasteiger partial charge in [-0.25, -0.2) is 0 Å². The molecule has 1 aliphatic rings. The first-order valence-corrected chi connectivity index (χ1v) is 10.9. The van der Waals surface area contributed by atoms with Gasteiger partial charge in [0, 0.05) is 29.4 Å². The maximum atomic E-state index is 12.7. The molecule has 0 bridgehead atoms. The van der Waals surface area contributed by atoms with Crippen LogP contribution in [-0.2, 0) is 10.5 Å². The summed E-state index contributed by atoms with van der Waals surface area (Å²) in [5.74, 6) is 1.68. The average molecular weight is 391 g/mol. The predicted octanol–water partition coefficient (Wildman–Crippen LogP) is 5.03. The van der Waals surface area contributed by atoms with E-state index in [1.54, 1.807) is 11.8 Å². The van der Waals surface area contributed by atoms with Crippen LogP contribution >= 0.6 is 11.8 Å². The molecule has 1 aromatic heterocycles. The number of nitrogens with one attached hydrogen (secondary N) is 2. The van der Waals surface area contributed by atoms with Gasteiger partial charge in [0.15, 0.2) is 5.78 Å². The number of hydrogen-bond acceptors (Lipinski definition) is 3. The molecule has 4 rings (SSSR count). The molecule has 0 spiro atoms. The second-order valence-corrected chi connectivity index (χ2v) is 8.50. The lowest BCUT2D eigenvalue weighted by atomic mass is 9.94. The number of carbonyl (C=O) groups excluding carboxylic acids is 1. The van der Waals surface area contributed by atoms with Gasteiger partial charge in [-0.15, -0.1) is 11.8 Å². The lowest BCUT2D eigenvalue weighted by Crippen LogP contribution is -2.40. The first-order chi connectivity index (χ1) is 13.6. The SMILES string of the molecule is Cc1cc2[nH]cc(CSCC(=O)C3CC(c4ccccc4)=CCN3)c2cc1C. The van der Waals surface area contributed by atoms with Crippen molar-refractivity contribution in [1.82, 2.24) is 10.3 Å². The van der Waals surface area contributed by atoms with E-state index in [1.165, 1.54) is 38.7 Å². The lowest BCUT2D eigenvalue weighted by molar-refractivity contribution is -0.118. The molecule has 4 heteroatoms. The Labute approximate surface area is 170 Å². The molecule has 0 amide bonds. The zero-order chi connectivity index (χ0) is 19.5. The summed E-state index contributed by atoms with van der Waals surface area (Å²) in [6.45, 7) is 5.04. The number of aromatic nitrogens is 1. The van der Waals surface area contributed by atoms with Crippen molar-refractivity contribution in [3.8, 4) is 0 Å². The monoisotopic (exact) mass is 390 g/mol. The minimum Gasteiger partial charge on any atom is -0.361 e. The molecule has 1 unspecified atom stereocenters. The zero-order valence-corrected chi connectivity index (χ0v) is 17.2. The Morgan fingerprint density at radius 1 is 1.14 bits per heavy atom. The second-order valence-electron chi connectivity index (χ2n) is 7.52. The van der Waals surface area contributed by atoms with Crippen molar-refractivity contribution in [2.45, 2.75) is 32.1 Å². The molecule has 0 saturated carbocycles. The van der Waals surface area contributed by atoms with Gasteiger partial charge >= 0.3 is 0 Å². The molecule has 3 nitrogen and oxygen atoms in total. The Kier molecular flexibility index (Phi) is 5.69. The maximum absolute atomic E-state index is 12.7. The van der Waals surface area contributed by atoms with Crippen LogP contribution in [0.4, 0.5) is 0 Å². The number of aromatic amines is 1. The standard InChI is InChI=1S/C24H26N2OS/c1-16-10-21-20(13-26-22(21)11-17(16)2)14-28-15-24(27)23-12-19(8-9-25-23)18-6-4-3-5-7-18/h3-8,10-11,13,23,25-26H,9,12,14-15H2,1-2H3. The highest BCUT2D eigenvalue weighted by Gasteiger charge is 2.22. The van der Waals surface area contributed by atoms with Gasteiger partial charge in [0.2, 0.25) is 0 Å². The van der Waals surface area contributed by atoms with Crippen molar-refractivity contribution < 1.29 is 4.79 Å². The van der Waals surface area contributed by atoms with Crippen LogP contribution in [0.2, 0.25) is 0 Å². The molecule has 3 aromatic rings. The fraction of sp³-hybridized carbons (Fsp3) is 0.292. The quantitative estimate of drug-likeness (QED) is 0.620. The van der Waals surface area contributed by atoms with Gasteiger partial charge in [-0.2, -0.15) is 0 Å². The number of hydrogen-bond donors (Lipinski definition) is 2. The van der Waals surface area contributed by atoms with E-state index >= 15 is 0 Å². The van der Waals surface area contributed by atoms with Gasteiger partial charge in [-0.3, -0.25) is 4.79 Å². The topological polar surface area (TPSA) is 44.9 Å². The van der Waals surface area contributed by atoms with Crippen LogP contribution in [0.5, 0.6) is 0 Å². The van der Waals surface area contributed by atoms with Crippen molar-refractivity contribution in [2.75, 3.05) is 12.3 Å². The Morgan fingerprint density at radius 3 is 2.75 bits per heavy atom. The van der Waals surface area contributed by atoms with Gasteiger partial charge in [0.1, 0.15) is 0 Å². The molecule has 0 saturated heterocycles. The first-order valence-electron chi connectivity index (χ1n) is 9.77. The highest BCUT2D eigenvalue weighted by Crippen LogP contribution is 2.27. The van der Waals surface area contributed by atoms with Crippen molar-refractivity contribution in [1.29, 1.82) is 0 Å². The number of Topliss-reactive ketones (excluding diaryl/α,β-unsaturated/α-hetero) is 1. The average Bonchev–Trinajstić information content (AvgIpc) is 3.10. The summed E-state index contributed by atoms with van der Waals surface area (Å²) >= 11 is 1.71. The second kappa shape index (κ2) is 8.38. The summed E-state index contributed by atoms with van der Waals surface area (Å²) < 4.78 is 0. The number of ketones is 1. The Hall–Kier alpha value is -2.30. The molecule has 2 aromatic carbocycles. The molecule has 144 valence electrons. The molecule has 1 atom stereocenters. The minimum atomic E-state index is -0.0828. The Morgan fingerprint density at radius 2 is 1.93 bits per heavy atom. The van der Waals surface area contributed by atoms with Crippen molar-refractivity contribution in [3.05, 3.63) is 77.0 Å². The molecule has 0 aliphatic carbocycles. The summed E-state index contributed by atoms with van der Waals surface area (Å²) in [5, 5.41) is 4.63. The fourth-order valence-electron chi connectivity index (χ4n) is 3.74. The molecular weight excluding hydrogens is 364 g/mol. The Balaban J connectivity index is 1.35. The van der Waals surface area contributed by atoms with Gasteiger partial charge in [-0.05, 0) is 60.2 Å². The van der Waals surface area contributed by atoms with Crippen LogP contribution < -0.4 is 5.32 Å². The minimum absolute atomic E-state index is 0.0828.